The Bertz CT molecular complexity index is 184. The number of aromatic nitrogens is 1. The van der Waals surface area contributed by atoms with Gasteiger partial charge in [0.2, 0.25) is 5.88 Å². The number of methoxy groups -OCH3 is 1. The number of nitrogens with zero attached hydrogens (tertiary/aromatic N) is 1. The van der Waals surface area contributed by atoms with E-state index in [2.05, 4.69) is 4.98 Å². The van der Waals surface area contributed by atoms with Crippen molar-refractivity contribution in [2.24, 2.45) is 0 Å². The van der Waals surface area contributed by atoms with Crippen LogP contribution in [0, 0.1) is 0 Å². The zero-order chi connectivity index (χ0) is 8.69. The summed E-state index contributed by atoms with van der Waals surface area (Å²) < 4.78 is 4.80. The van der Waals surface area contributed by atoms with E-state index in [9.17, 15) is 0 Å². The fraction of sp³-hybridized carbons (Fsp3) is 0.375. The summed E-state index contributed by atoms with van der Waals surface area (Å²) in [4.78, 5) is 3.85. The molecule has 1 aromatic heterocycles. The second-order valence-corrected chi connectivity index (χ2v) is 1.63. The standard InChI is InChI=1S/C6H8N2O.C2H6/c1-9-6-3-2-5(7)4-8-6;1-2/h2-4H,7H2,1H3;1-2H3. The average molecular weight is 154 g/mol. The van der Waals surface area contributed by atoms with Crippen LogP contribution < -0.4 is 10.5 Å². The van der Waals surface area contributed by atoms with Gasteiger partial charge in [-0.2, -0.15) is 0 Å². The lowest BCUT2D eigenvalue weighted by Gasteiger charge is -1.95. The third-order valence-corrected chi connectivity index (χ3v) is 0.968. The van der Waals surface area contributed by atoms with Gasteiger partial charge in [0.05, 0.1) is 19.0 Å². The van der Waals surface area contributed by atoms with Crippen molar-refractivity contribution in [2.75, 3.05) is 12.8 Å². The highest BCUT2D eigenvalue weighted by Crippen LogP contribution is 2.06. The van der Waals surface area contributed by atoms with Gasteiger partial charge in [-0.15, -0.1) is 0 Å². The third kappa shape index (κ3) is 3.45. The molecule has 0 aliphatic carbocycles. The second-order valence-electron chi connectivity index (χ2n) is 1.63. The highest BCUT2D eigenvalue weighted by Gasteiger charge is 1.87. The number of anilines is 1. The van der Waals surface area contributed by atoms with Crippen LogP contribution in [0.2, 0.25) is 0 Å². The molecule has 2 N–H and O–H groups in total. The van der Waals surface area contributed by atoms with Crippen molar-refractivity contribution in [2.45, 2.75) is 13.8 Å². The zero-order valence-electron chi connectivity index (χ0n) is 7.16. The summed E-state index contributed by atoms with van der Waals surface area (Å²) in [6.45, 7) is 4.00. The van der Waals surface area contributed by atoms with Crippen LogP contribution in [0.1, 0.15) is 13.8 Å². The second kappa shape index (κ2) is 5.53. The Hall–Kier alpha value is -1.25. The topological polar surface area (TPSA) is 48.1 Å². The van der Waals surface area contributed by atoms with E-state index in [4.69, 9.17) is 10.5 Å². The van der Waals surface area contributed by atoms with Gasteiger partial charge in [-0.3, -0.25) is 0 Å². The molecule has 0 fully saturated rings. The maximum atomic E-state index is 5.36. The molecule has 0 amide bonds. The average Bonchev–Trinajstić information content (AvgIpc) is 2.10. The maximum Gasteiger partial charge on any atom is 0.213 e. The van der Waals surface area contributed by atoms with E-state index in [-0.39, 0.29) is 0 Å². The molecule has 62 valence electrons. The summed E-state index contributed by atoms with van der Waals surface area (Å²) >= 11 is 0. The molecule has 0 saturated carbocycles. The van der Waals surface area contributed by atoms with Gasteiger partial charge in [0.15, 0.2) is 0 Å². The number of hydrogen-bond donors (Lipinski definition) is 1. The number of nitrogen functional groups attached to an aromatic ring is 1. The van der Waals surface area contributed by atoms with Crippen molar-refractivity contribution in [1.82, 2.24) is 4.98 Å². The predicted molar refractivity (Wildman–Crippen MR) is 46.5 cm³/mol. The smallest absolute Gasteiger partial charge is 0.213 e. The van der Waals surface area contributed by atoms with Crippen molar-refractivity contribution in [3.05, 3.63) is 18.3 Å². The van der Waals surface area contributed by atoms with Crippen LogP contribution in [0.15, 0.2) is 18.3 Å². The third-order valence-electron chi connectivity index (χ3n) is 0.968. The van der Waals surface area contributed by atoms with Crippen LogP contribution >= 0.6 is 0 Å². The van der Waals surface area contributed by atoms with Gasteiger partial charge in [-0.1, -0.05) is 13.8 Å². The highest BCUT2D eigenvalue weighted by molar-refractivity contribution is 5.35. The summed E-state index contributed by atoms with van der Waals surface area (Å²) in [5, 5.41) is 0. The molecule has 1 aromatic rings. The molecule has 0 aliphatic rings. The van der Waals surface area contributed by atoms with Crippen LogP contribution in [-0.2, 0) is 0 Å². The molecule has 11 heavy (non-hydrogen) atoms. The molecule has 1 rings (SSSR count). The first-order valence-electron chi connectivity index (χ1n) is 3.58. The van der Waals surface area contributed by atoms with Crippen LogP contribution in [0.3, 0.4) is 0 Å². The molecule has 3 nitrogen and oxygen atoms in total. The number of rotatable bonds is 1. The molecule has 0 aromatic carbocycles. The Morgan fingerprint density at radius 1 is 1.36 bits per heavy atom. The van der Waals surface area contributed by atoms with Crippen molar-refractivity contribution >= 4 is 5.69 Å². The Labute approximate surface area is 67.2 Å². The first-order chi connectivity index (χ1) is 5.33. The lowest BCUT2D eigenvalue weighted by atomic mass is 10.4. The zero-order valence-corrected chi connectivity index (χ0v) is 7.16. The Kier molecular flexibility index (Phi) is 4.90. The van der Waals surface area contributed by atoms with Gasteiger partial charge < -0.3 is 10.5 Å². The van der Waals surface area contributed by atoms with Gasteiger partial charge in [0.1, 0.15) is 0 Å². The molecular weight excluding hydrogens is 140 g/mol. The van der Waals surface area contributed by atoms with Crippen LogP contribution in [0.5, 0.6) is 5.88 Å². The minimum absolute atomic E-state index is 0.587. The summed E-state index contributed by atoms with van der Waals surface area (Å²) in [6.07, 6.45) is 1.55. The Morgan fingerprint density at radius 3 is 2.36 bits per heavy atom. The molecule has 0 unspecified atom stereocenters. The molecule has 0 radical (unpaired) electrons. The maximum absolute atomic E-state index is 5.36. The van der Waals surface area contributed by atoms with Crippen LogP contribution in [-0.4, -0.2) is 12.1 Å². The normalized spacial score (nSPS) is 7.91. The summed E-state index contributed by atoms with van der Waals surface area (Å²) in [5.74, 6) is 0.587. The van der Waals surface area contributed by atoms with Crippen molar-refractivity contribution in [1.29, 1.82) is 0 Å². The minimum Gasteiger partial charge on any atom is -0.481 e. The van der Waals surface area contributed by atoms with E-state index in [1.807, 2.05) is 13.8 Å². The number of hydrogen-bond acceptors (Lipinski definition) is 3. The lowest BCUT2D eigenvalue weighted by Crippen LogP contribution is -1.89. The van der Waals surface area contributed by atoms with Crippen molar-refractivity contribution in [3.8, 4) is 5.88 Å². The first kappa shape index (κ1) is 9.75. The quantitative estimate of drug-likeness (QED) is 0.669. The number of pyridine rings is 1. The Balaban J connectivity index is 0.000000461. The summed E-state index contributed by atoms with van der Waals surface area (Å²) in [7, 11) is 1.57. The van der Waals surface area contributed by atoms with E-state index < -0.39 is 0 Å². The SMILES string of the molecule is CC.COc1ccc(N)cn1. The molecule has 3 heteroatoms. The molecule has 0 spiro atoms. The fourth-order valence-corrected chi connectivity index (χ4v) is 0.512. The molecule has 0 aliphatic heterocycles. The van der Waals surface area contributed by atoms with Gasteiger partial charge >= 0.3 is 0 Å². The van der Waals surface area contributed by atoms with E-state index in [0.717, 1.165) is 0 Å². The lowest BCUT2D eigenvalue weighted by molar-refractivity contribution is 0.398. The first-order valence-corrected chi connectivity index (χ1v) is 3.58. The van der Waals surface area contributed by atoms with Crippen molar-refractivity contribution in [3.63, 3.8) is 0 Å². The minimum atomic E-state index is 0.587. The molecular formula is C8H14N2O. The molecule has 0 atom stereocenters. The molecule has 0 bridgehead atoms. The van der Waals surface area contributed by atoms with E-state index >= 15 is 0 Å². The van der Waals surface area contributed by atoms with Gasteiger partial charge in [0, 0.05) is 6.07 Å². The predicted octanol–water partition coefficient (Wildman–Crippen LogP) is 1.70. The monoisotopic (exact) mass is 154 g/mol. The summed E-state index contributed by atoms with van der Waals surface area (Å²) in [6, 6.07) is 3.46. The van der Waals surface area contributed by atoms with Gasteiger partial charge in [-0.25, -0.2) is 4.98 Å². The largest absolute Gasteiger partial charge is 0.481 e. The number of ether oxygens (including phenoxy) is 1. The molecule has 1 heterocycles. The van der Waals surface area contributed by atoms with Crippen LogP contribution in [0.4, 0.5) is 5.69 Å². The van der Waals surface area contributed by atoms with Gasteiger partial charge in [0.25, 0.3) is 0 Å². The van der Waals surface area contributed by atoms with E-state index in [0.29, 0.717) is 11.6 Å². The highest BCUT2D eigenvalue weighted by atomic mass is 16.5. The van der Waals surface area contributed by atoms with E-state index in [1.54, 1.807) is 25.4 Å². The number of nitrogens with two attached hydrogens (primary N) is 1. The Morgan fingerprint density at radius 2 is 2.00 bits per heavy atom. The molecule has 0 saturated heterocycles. The van der Waals surface area contributed by atoms with Crippen molar-refractivity contribution < 1.29 is 4.74 Å². The van der Waals surface area contributed by atoms with Gasteiger partial charge in [-0.05, 0) is 6.07 Å². The van der Waals surface area contributed by atoms with E-state index in [1.165, 1.54) is 0 Å². The summed E-state index contributed by atoms with van der Waals surface area (Å²) in [5.41, 5.74) is 6.01. The fourth-order valence-electron chi connectivity index (χ4n) is 0.512. The van der Waals surface area contributed by atoms with Crippen LogP contribution in [0.25, 0.3) is 0 Å².